The van der Waals surface area contributed by atoms with Gasteiger partial charge in [-0.25, -0.2) is 0 Å². The Morgan fingerprint density at radius 2 is 1.95 bits per heavy atom. The number of hydrogen-bond acceptors (Lipinski definition) is 2. The number of anilines is 1. The van der Waals surface area contributed by atoms with Crippen LogP contribution in [-0.2, 0) is 0 Å². The van der Waals surface area contributed by atoms with E-state index in [-0.39, 0.29) is 11.9 Å². The number of carbonyl (C=O) groups is 1. The van der Waals surface area contributed by atoms with Crippen molar-refractivity contribution in [2.75, 3.05) is 18.0 Å². The van der Waals surface area contributed by atoms with Gasteiger partial charge in [-0.1, -0.05) is 34.1 Å². The molecule has 2 aromatic rings. The van der Waals surface area contributed by atoms with Gasteiger partial charge in [-0.15, -0.1) is 0 Å². The topological polar surface area (TPSA) is 32.3 Å². The van der Waals surface area contributed by atoms with Gasteiger partial charge in [0.05, 0.1) is 5.69 Å². The van der Waals surface area contributed by atoms with Crippen LogP contribution < -0.4 is 10.2 Å². The number of hydrogen-bond donors (Lipinski definition) is 1. The zero-order chi connectivity index (χ0) is 15.5. The van der Waals surface area contributed by atoms with E-state index in [1.807, 2.05) is 42.5 Å². The molecule has 5 heteroatoms. The molecule has 0 radical (unpaired) electrons. The molecule has 22 heavy (non-hydrogen) atoms. The molecule has 1 heterocycles. The summed E-state index contributed by atoms with van der Waals surface area (Å²) in [5, 5.41) is 3.12. The van der Waals surface area contributed by atoms with Crippen molar-refractivity contribution in [2.24, 2.45) is 0 Å². The Kier molecular flexibility index (Phi) is 4.84. The van der Waals surface area contributed by atoms with Gasteiger partial charge in [-0.2, -0.15) is 0 Å². The first-order valence-electron chi connectivity index (χ1n) is 7.19. The average molecular weight is 424 g/mol. The molecular weight excluding hydrogens is 408 g/mol. The lowest BCUT2D eigenvalue weighted by Gasteiger charge is -2.20. The standard InChI is InChI=1S/C17H16Br2N2O/c18-13-5-3-4-12(10-13)17(22)20-14-8-9-21(11-14)16-7-2-1-6-15(16)19/h1-7,10,14H,8-9,11H2,(H,20,22)/t14-/m0/s1. The third kappa shape index (κ3) is 3.52. The molecule has 0 bridgehead atoms. The molecule has 0 saturated carbocycles. The van der Waals surface area contributed by atoms with Crippen molar-refractivity contribution in [3.8, 4) is 0 Å². The smallest absolute Gasteiger partial charge is 0.251 e. The summed E-state index contributed by atoms with van der Waals surface area (Å²) in [6.45, 7) is 1.79. The van der Waals surface area contributed by atoms with Crippen LogP contribution in [0.15, 0.2) is 57.5 Å². The highest BCUT2D eigenvalue weighted by Crippen LogP contribution is 2.28. The van der Waals surface area contributed by atoms with Crippen LogP contribution in [0.5, 0.6) is 0 Å². The van der Waals surface area contributed by atoms with Crippen LogP contribution >= 0.6 is 31.9 Å². The van der Waals surface area contributed by atoms with E-state index < -0.39 is 0 Å². The van der Waals surface area contributed by atoms with E-state index in [0.717, 1.165) is 28.5 Å². The second-order valence-electron chi connectivity index (χ2n) is 5.37. The van der Waals surface area contributed by atoms with Crippen LogP contribution in [0.1, 0.15) is 16.8 Å². The number of halogens is 2. The molecule has 3 nitrogen and oxygen atoms in total. The van der Waals surface area contributed by atoms with Gasteiger partial charge >= 0.3 is 0 Å². The normalized spacial score (nSPS) is 17.5. The van der Waals surface area contributed by atoms with E-state index in [0.29, 0.717) is 5.56 Å². The van der Waals surface area contributed by atoms with Crippen LogP contribution in [0, 0.1) is 0 Å². The second kappa shape index (κ2) is 6.84. The van der Waals surface area contributed by atoms with E-state index in [1.165, 1.54) is 5.69 Å². The fourth-order valence-electron chi connectivity index (χ4n) is 2.70. The van der Waals surface area contributed by atoms with Gasteiger partial charge < -0.3 is 10.2 Å². The Labute approximate surface area is 147 Å². The molecule has 114 valence electrons. The van der Waals surface area contributed by atoms with E-state index in [4.69, 9.17) is 0 Å². The highest BCUT2D eigenvalue weighted by molar-refractivity contribution is 9.10. The molecule has 1 aliphatic rings. The zero-order valence-electron chi connectivity index (χ0n) is 11.9. The highest BCUT2D eigenvalue weighted by atomic mass is 79.9. The Hall–Kier alpha value is -1.33. The molecule has 3 rings (SSSR count). The van der Waals surface area contributed by atoms with Gasteiger partial charge in [0, 0.05) is 33.6 Å². The van der Waals surface area contributed by atoms with Crippen molar-refractivity contribution in [2.45, 2.75) is 12.5 Å². The quantitative estimate of drug-likeness (QED) is 0.801. The third-order valence-electron chi connectivity index (χ3n) is 3.80. The first kappa shape index (κ1) is 15.6. The predicted octanol–water partition coefficient (Wildman–Crippen LogP) is 4.22. The summed E-state index contributed by atoms with van der Waals surface area (Å²) < 4.78 is 2.01. The van der Waals surface area contributed by atoms with Crippen molar-refractivity contribution in [1.29, 1.82) is 0 Å². The number of amides is 1. The Morgan fingerprint density at radius 1 is 1.14 bits per heavy atom. The summed E-state index contributed by atoms with van der Waals surface area (Å²) in [6.07, 6.45) is 0.959. The monoisotopic (exact) mass is 422 g/mol. The number of para-hydroxylation sites is 1. The first-order valence-corrected chi connectivity index (χ1v) is 8.78. The molecule has 2 aromatic carbocycles. The molecule has 0 unspecified atom stereocenters. The average Bonchev–Trinajstić information content (AvgIpc) is 2.96. The predicted molar refractivity (Wildman–Crippen MR) is 96.4 cm³/mol. The van der Waals surface area contributed by atoms with Crippen molar-refractivity contribution in [3.63, 3.8) is 0 Å². The Morgan fingerprint density at radius 3 is 2.73 bits per heavy atom. The van der Waals surface area contributed by atoms with Gasteiger partial charge in [-0.05, 0) is 52.7 Å². The lowest BCUT2D eigenvalue weighted by molar-refractivity contribution is 0.0940. The molecule has 1 aliphatic heterocycles. The molecule has 1 amide bonds. The minimum Gasteiger partial charge on any atom is -0.368 e. The fourth-order valence-corrected chi connectivity index (χ4v) is 3.64. The molecule has 1 fully saturated rings. The van der Waals surface area contributed by atoms with E-state index in [2.05, 4.69) is 48.1 Å². The summed E-state index contributed by atoms with van der Waals surface area (Å²) in [5.74, 6) is -0.0136. The summed E-state index contributed by atoms with van der Waals surface area (Å²) in [7, 11) is 0. The number of benzene rings is 2. The maximum atomic E-state index is 12.3. The van der Waals surface area contributed by atoms with Gasteiger partial charge in [0.25, 0.3) is 5.91 Å². The maximum Gasteiger partial charge on any atom is 0.251 e. The first-order chi connectivity index (χ1) is 10.6. The molecule has 1 saturated heterocycles. The number of carbonyl (C=O) groups excluding carboxylic acids is 1. The van der Waals surface area contributed by atoms with E-state index >= 15 is 0 Å². The fraction of sp³-hybridized carbons (Fsp3) is 0.235. The van der Waals surface area contributed by atoms with Crippen LogP contribution in [0.3, 0.4) is 0 Å². The van der Waals surface area contributed by atoms with Gasteiger partial charge in [0.2, 0.25) is 0 Å². The lowest BCUT2D eigenvalue weighted by Crippen LogP contribution is -2.37. The summed E-state index contributed by atoms with van der Waals surface area (Å²) >= 11 is 6.99. The largest absolute Gasteiger partial charge is 0.368 e. The van der Waals surface area contributed by atoms with Crippen LogP contribution in [0.25, 0.3) is 0 Å². The molecule has 1 atom stereocenters. The number of nitrogens with zero attached hydrogens (tertiary/aromatic N) is 1. The van der Waals surface area contributed by atoms with Gasteiger partial charge in [0.1, 0.15) is 0 Å². The van der Waals surface area contributed by atoms with Crippen molar-refractivity contribution < 1.29 is 4.79 Å². The van der Waals surface area contributed by atoms with E-state index in [1.54, 1.807) is 0 Å². The van der Waals surface area contributed by atoms with Crippen molar-refractivity contribution in [1.82, 2.24) is 5.32 Å². The number of rotatable bonds is 3. The number of nitrogens with one attached hydrogen (secondary N) is 1. The van der Waals surface area contributed by atoms with Crippen LogP contribution in [-0.4, -0.2) is 25.0 Å². The zero-order valence-corrected chi connectivity index (χ0v) is 15.1. The summed E-state index contributed by atoms with van der Waals surface area (Å²) in [6, 6.07) is 15.8. The minimum atomic E-state index is -0.0136. The molecule has 0 aromatic heterocycles. The minimum absolute atomic E-state index is 0.0136. The molecular formula is C17H16Br2N2O. The third-order valence-corrected chi connectivity index (χ3v) is 4.97. The summed E-state index contributed by atoms with van der Waals surface area (Å²) in [4.78, 5) is 14.6. The highest BCUT2D eigenvalue weighted by Gasteiger charge is 2.25. The van der Waals surface area contributed by atoms with Gasteiger partial charge in [-0.3, -0.25) is 4.79 Å². The Balaban J connectivity index is 1.64. The van der Waals surface area contributed by atoms with Crippen molar-refractivity contribution >= 4 is 43.5 Å². The second-order valence-corrected chi connectivity index (χ2v) is 7.14. The van der Waals surface area contributed by atoms with Crippen LogP contribution in [0.2, 0.25) is 0 Å². The van der Waals surface area contributed by atoms with E-state index in [9.17, 15) is 4.79 Å². The van der Waals surface area contributed by atoms with Crippen molar-refractivity contribution in [3.05, 3.63) is 63.0 Å². The molecule has 1 N–H and O–H groups in total. The SMILES string of the molecule is O=C(N[C@H]1CCN(c2ccccc2Br)C1)c1cccc(Br)c1. The molecule has 0 spiro atoms. The van der Waals surface area contributed by atoms with Gasteiger partial charge in [0.15, 0.2) is 0 Å². The maximum absolute atomic E-state index is 12.3. The summed E-state index contributed by atoms with van der Waals surface area (Å²) in [5.41, 5.74) is 1.87. The molecule has 0 aliphatic carbocycles. The lowest BCUT2D eigenvalue weighted by atomic mass is 10.2. The Bertz CT molecular complexity index is 690. The van der Waals surface area contributed by atoms with Crippen LogP contribution in [0.4, 0.5) is 5.69 Å².